The van der Waals surface area contributed by atoms with Crippen molar-refractivity contribution in [1.29, 1.82) is 0 Å². The van der Waals surface area contributed by atoms with Crippen LogP contribution < -0.4 is 9.80 Å². The van der Waals surface area contributed by atoms with Gasteiger partial charge in [-0.2, -0.15) is 0 Å². The quantitative estimate of drug-likeness (QED) is 0.152. The van der Waals surface area contributed by atoms with Crippen LogP contribution in [0.1, 0.15) is 0 Å². The molecule has 0 fully saturated rings. The van der Waals surface area contributed by atoms with Gasteiger partial charge in [0, 0.05) is 66.6 Å². The third-order valence-corrected chi connectivity index (χ3v) is 17.0. The maximum Gasteiger partial charge on any atom is 0.138 e. The predicted octanol–water partition coefficient (Wildman–Crippen LogP) is 22.7. The Morgan fingerprint density at radius 2 is 0.549 bits per heavy atom. The molecule has 4 nitrogen and oxygen atoms in total. The van der Waals surface area contributed by atoms with Gasteiger partial charge in [-0.25, -0.2) is 0 Å². The van der Waals surface area contributed by atoms with Crippen molar-refractivity contribution in [2.24, 2.45) is 0 Å². The Bertz CT molecular complexity index is 5410. The Kier molecular flexibility index (Phi) is 10.3. The molecule has 0 bridgehead atoms. The molecule has 0 saturated carbocycles. The average Bonchev–Trinajstić information content (AvgIpc) is 4.26. The van der Waals surface area contributed by atoms with Gasteiger partial charge >= 0.3 is 0 Å². The van der Waals surface area contributed by atoms with Crippen LogP contribution >= 0.6 is 0 Å². The first kappa shape index (κ1) is 46.0. The summed E-state index contributed by atoms with van der Waals surface area (Å²) in [6.45, 7) is 0. The average molecular weight is 1050 g/mol. The van der Waals surface area contributed by atoms with Crippen molar-refractivity contribution in [3.63, 3.8) is 0 Å². The van der Waals surface area contributed by atoms with Gasteiger partial charge in [0.05, 0.1) is 22.7 Å². The maximum absolute atomic E-state index is 6.93. The van der Waals surface area contributed by atoms with Crippen LogP contribution in [0.2, 0.25) is 0 Å². The van der Waals surface area contributed by atoms with E-state index in [4.69, 9.17) is 8.83 Å². The van der Waals surface area contributed by atoms with E-state index in [0.717, 1.165) is 138 Å². The Balaban J connectivity index is 0.871. The Morgan fingerprint density at radius 1 is 0.207 bits per heavy atom. The molecule has 0 radical (unpaired) electrons. The topological polar surface area (TPSA) is 32.8 Å². The zero-order valence-electron chi connectivity index (χ0n) is 44.4. The molecule has 0 atom stereocenters. The highest BCUT2D eigenvalue weighted by Crippen LogP contribution is 2.52. The summed E-state index contributed by atoms with van der Waals surface area (Å²) in [5.74, 6) is 0. The zero-order chi connectivity index (χ0) is 53.8. The molecule has 0 N–H and O–H groups in total. The molecule has 0 aliphatic heterocycles. The Labute approximate surface area is 472 Å². The third-order valence-electron chi connectivity index (χ3n) is 17.0. The van der Waals surface area contributed by atoms with Crippen LogP contribution in [0.3, 0.4) is 0 Å². The van der Waals surface area contributed by atoms with E-state index in [2.05, 4.69) is 301 Å². The number of furan rings is 2. The highest BCUT2D eigenvalue weighted by Gasteiger charge is 2.26. The van der Waals surface area contributed by atoms with Crippen molar-refractivity contribution >= 4 is 143 Å². The van der Waals surface area contributed by atoms with Crippen molar-refractivity contribution in [1.82, 2.24) is 0 Å². The van der Waals surface area contributed by atoms with E-state index < -0.39 is 0 Å². The number of hydrogen-bond acceptors (Lipinski definition) is 4. The second-order valence-corrected chi connectivity index (χ2v) is 21.4. The van der Waals surface area contributed by atoms with Gasteiger partial charge in [-0.3, -0.25) is 0 Å². The smallest absolute Gasteiger partial charge is 0.138 e. The zero-order valence-corrected chi connectivity index (χ0v) is 44.4. The monoisotopic (exact) mass is 1040 g/mol. The van der Waals surface area contributed by atoms with Crippen molar-refractivity contribution < 1.29 is 8.83 Å². The SMILES string of the molecule is c1ccc(-c2ccc(N(c3ccc(-c4ccc(N(c5ccccc5)c5cc6oc7ccc8ccccc8c7c6c6ccccc56)c5ccccc45)c4ccccc34)c3cc4oc5ccc6ccccc6c5c4c4ccccc34)cc2)cc1. The number of rotatable bonds is 8. The first-order chi connectivity index (χ1) is 40.7. The molecule has 82 heavy (non-hydrogen) atoms. The Hall–Kier alpha value is -10.9. The molecule has 2 heterocycles. The number of benzene rings is 15. The fourth-order valence-corrected chi connectivity index (χ4v) is 13.4. The van der Waals surface area contributed by atoms with Crippen molar-refractivity contribution in [3.05, 3.63) is 291 Å². The van der Waals surface area contributed by atoms with Crippen LogP contribution in [-0.4, -0.2) is 0 Å². The molecule has 0 aliphatic rings. The molecule has 0 amide bonds. The number of fused-ring (bicyclic) bond motifs is 16. The number of nitrogens with zero attached hydrogens (tertiary/aromatic N) is 2. The number of para-hydroxylation sites is 1. The second kappa shape index (κ2) is 18.3. The predicted molar refractivity (Wildman–Crippen MR) is 346 cm³/mol. The van der Waals surface area contributed by atoms with Gasteiger partial charge in [-0.15, -0.1) is 0 Å². The van der Waals surface area contributed by atoms with Gasteiger partial charge in [-0.1, -0.05) is 231 Å². The van der Waals surface area contributed by atoms with Crippen molar-refractivity contribution in [3.8, 4) is 22.3 Å². The fraction of sp³-hybridized carbons (Fsp3) is 0. The summed E-state index contributed by atoms with van der Waals surface area (Å²) in [5, 5.41) is 18.5. The molecule has 17 aromatic rings. The Morgan fingerprint density at radius 3 is 1.01 bits per heavy atom. The van der Waals surface area contributed by atoms with E-state index >= 15 is 0 Å². The van der Waals surface area contributed by atoms with Gasteiger partial charge in [0.25, 0.3) is 0 Å². The highest BCUT2D eigenvalue weighted by molar-refractivity contribution is 6.30. The van der Waals surface area contributed by atoms with E-state index in [0.29, 0.717) is 0 Å². The molecule has 0 spiro atoms. The highest BCUT2D eigenvalue weighted by atomic mass is 16.3. The largest absolute Gasteiger partial charge is 0.456 e. The molecule has 0 aliphatic carbocycles. The van der Waals surface area contributed by atoms with Crippen LogP contribution in [0.15, 0.2) is 300 Å². The van der Waals surface area contributed by atoms with Crippen molar-refractivity contribution in [2.75, 3.05) is 9.80 Å². The number of anilines is 6. The van der Waals surface area contributed by atoms with Crippen LogP contribution in [-0.2, 0) is 0 Å². The summed E-state index contributed by atoms with van der Waals surface area (Å²) < 4.78 is 13.8. The minimum atomic E-state index is 0.849. The summed E-state index contributed by atoms with van der Waals surface area (Å²) in [4.78, 5) is 4.87. The summed E-state index contributed by atoms with van der Waals surface area (Å²) in [5.41, 5.74) is 14.4. The van der Waals surface area contributed by atoms with E-state index in [-0.39, 0.29) is 0 Å². The number of hydrogen-bond donors (Lipinski definition) is 0. The summed E-state index contributed by atoms with van der Waals surface area (Å²) in [7, 11) is 0. The molecule has 17 rings (SSSR count). The molecule has 2 aromatic heterocycles. The minimum Gasteiger partial charge on any atom is -0.456 e. The molecule has 4 heteroatoms. The molecule has 0 saturated heterocycles. The standard InChI is InChI=1S/C78H48N2O2/c1-3-19-49(20-4-1)50-35-39-54(40-36-50)80(70-48-74-78(66-34-18-16-32-64(66)70)76-56-26-10-8-22-52(56)38-46-72(76)82-74)68-44-42-60(58-28-12-14-30-62(58)68)59-41-43-67(61-29-13-11-27-57(59)61)79(53-23-5-2-6-24-53)69-47-73-77(65-33-17-15-31-63(65)69)75-55-25-9-7-21-51(55)37-45-71(75)81-73/h1-48H. The van der Waals surface area contributed by atoms with Crippen LogP contribution in [0, 0.1) is 0 Å². The van der Waals surface area contributed by atoms with Gasteiger partial charge in [0.2, 0.25) is 0 Å². The van der Waals surface area contributed by atoms with E-state index in [1.165, 1.54) is 27.1 Å². The maximum atomic E-state index is 6.93. The first-order valence-electron chi connectivity index (χ1n) is 28.1. The van der Waals surface area contributed by atoms with Crippen LogP contribution in [0.4, 0.5) is 34.1 Å². The van der Waals surface area contributed by atoms with Crippen molar-refractivity contribution in [2.45, 2.75) is 0 Å². The lowest BCUT2D eigenvalue weighted by atomic mass is 9.91. The lowest BCUT2D eigenvalue weighted by Gasteiger charge is -2.30. The lowest BCUT2D eigenvalue weighted by molar-refractivity contribution is 0.669. The van der Waals surface area contributed by atoms with Gasteiger partial charge in [0.15, 0.2) is 0 Å². The summed E-state index contributed by atoms with van der Waals surface area (Å²) in [6, 6.07) is 105. The molecule has 15 aromatic carbocycles. The normalized spacial score (nSPS) is 11.9. The molecule has 382 valence electrons. The second-order valence-electron chi connectivity index (χ2n) is 21.4. The molecular formula is C78H48N2O2. The van der Waals surface area contributed by atoms with Gasteiger partial charge in [0.1, 0.15) is 22.3 Å². The van der Waals surface area contributed by atoms with E-state index in [9.17, 15) is 0 Å². The summed E-state index contributed by atoms with van der Waals surface area (Å²) in [6.07, 6.45) is 0. The molecular weight excluding hydrogens is 997 g/mol. The van der Waals surface area contributed by atoms with Gasteiger partial charge in [-0.05, 0) is 114 Å². The van der Waals surface area contributed by atoms with E-state index in [1.54, 1.807) is 0 Å². The lowest BCUT2D eigenvalue weighted by Crippen LogP contribution is -2.12. The summed E-state index contributed by atoms with van der Waals surface area (Å²) >= 11 is 0. The third kappa shape index (κ3) is 7.05. The van der Waals surface area contributed by atoms with Gasteiger partial charge < -0.3 is 18.6 Å². The minimum absolute atomic E-state index is 0.849. The van der Waals surface area contributed by atoms with Crippen LogP contribution in [0.25, 0.3) is 131 Å². The first-order valence-corrected chi connectivity index (χ1v) is 28.1. The fourth-order valence-electron chi connectivity index (χ4n) is 13.4. The van der Waals surface area contributed by atoms with E-state index in [1.807, 2.05) is 0 Å². The molecule has 0 unspecified atom stereocenters. The van der Waals surface area contributed by atoms with Crippen LogP contribution in [0.5, 0.6) is 0 Å².